The number of carbonyl (C=O) groups excluding carboxylic acids is 2. The smallest absolute Gasteiger partial charge is 0.251 e. The molecular formula is C28H30N4O2. The van der Waals surface area contributed by atoms with Gasteiger partial charge in [0, 0.05) is 42.7 Å². The minimum atomic E-state index is -0.117. The maximum atomic E-state index is 12.8. The summed E-state index contributed by atoms with van der Waals surface area (Å²) in [5, 5.41) is 6.36. The molecule has 6 nitrogen and oxygen atoms in total. The maximum absolute atomic E-state index is 12.8. The van der Waals surface area contributed by atoms with Crippen molar-refractivity contribution in [2.45, 2.75) is 38.8 Å². The summed E-state index contributed by atoms with van der Waals surface area (Å²) in [5.74, 6) is 0.674. The van der Waals surface area contributed by atoms with Gasteiger partial charge >= 0.3 is 0 Å². The van der Waals surface area contributed by atoms with Crippen molar-refractivity contribution in [3.05, 3.63) is 78.0 Å². The van der Waals surface area contributed by atoms with E-state index in [1.54, 1.807) is 14.0 Å². The van der Waals surface area contributed by atoms with Crippen LogP contribution in [0.1, 0.15) is 48.8 Å². The van der Waals surface area contributed by atoms with Crippen LogP contribution in [-0.4, -0.2) is 29.9 Å². The standard InChI is InChI=1S/C28H30N4O2/c1-17-25(30-22-7-5-4-6-8-22)26-24(32(18(2)33)27(17)20-11-12-20)16-15-23(31-26)19-9-13-21(14-10-19)28(34)29-3/h4-10,13-17,20,25,27,30H,11-12H2,1-3H3,(H,29,34)/t17-,25?,27-/m1/s1. The highest BCUT2D eigenvalue weighted by Gasteiger charge is 2.48. The maximum Gasteiger partial charge on any atom is 0.251 e. The lowest BCUT2D eigenvalue weighted by Crippen LogP contribution is -2.51. The van der Waals surface area contributed by atoms with E-state index < -0.39 is 0 Å². The van der Waals surface area contributed by atoms with Crippen LogP contribution in [0.5, 0.6) is 0 Å². The Balaban J connectivity index is 1.59. The third kappa shape index (κ3) is 4.04. The molecule has 3 atom stereocenters. The average molecular weight is 455 g/mol. The molecule has 1 aromatic heterocycles. The number of carbonyl (C=O) groups is 2. The van der Waals surface area contributed by atoms with Crippen LogP contribution < -0.4 is 15.5 Å². The molecule has 1 unspecified atom stereocenters. The van der Waals surface area contributed by atoms with Crippen molar-refractivity contribution in [3.8, 4) is 11.3 Å². The molecule has 0 radical (unpaired) electrons. The minimum Gasteiger partial charge on any atom is -0.376 e. The summed E-state index contributed by atoms with van der Waals surface area (Å²) in [6.07, 6.45) is 2.32. The van der Waals surface area contributed by atoms with Crippen molar-refractivity contribution in [2.24, 2.45) is 11.8 Å². The van der Waals surface area contributed by atoms with Crippen LogP contribution in [0.2, 0.25) is 0 Å². The number of pyridine rings is 1. The number of amides is 2. The second-order valence-electron chi connectivity index (χ2n) is 9.32. The van der Waals surface area contributed by atoms with Crippen LogP contribution in [0.3, 0.4) is 0 Å². The number of nitrogens with zero attached hydrogens (tertiary/aromatic N) is 2. The fraction of sp³-hybridized carbons (Fsp3) is 0.321. The second-order valence-corrected chi connectivity index (χ2v) is 9.32. The fourth-order valence-electron chi connectivity index (χ4n) is 5.21. The molecule has 6 heteroatoms. The van der Waals surface area contributed by atoms with Crippen molar-refractivity contribution in [3.63, 3.8) is 0 Å². The molecule has 2 aromatic carbocycles. The van der Waals surface area contributed by atoms with Crippen LogP contribution in [0.15, 0.2) is 66.7 Å². The monoisotopic (exact) mass is 454 g/mol. The van der Waals surface area contributed by atoms with Gasteiger partial charge in [-0.25, -0.2) is 4.98 Å². The zero-order valence-corrected chi connectivity index (χ0v) is 19.8. The van der Waals surface area contributed by atoms with Crippen LogP contribution in [0.25, 0.3) is 11.3 Å². The van der Waals surface area contributed by atoms with E-state index in [4.69, 9.17) is 4.98 Å². The van der Waals surface area contributed by atoms with E-state index in [0.29, 0.717) is 11.5 Å². The van der Waals surface area contributed by atoms with Gasteiger partial charge in [-0.2, -0.15) is 0 Å². The Morgan fingerprint density at radius 1 is 0.971 bits per heavy atom. The first kappa shape index (κ1) is 22.1. The Bertz CT molecular complexity index is 1200. The topological polar surface area (TPSA) is 74.3 Å². The Hall–Kier alpha value is -3.67. The zero-order valence-electron chi connectivity index (χ0n) is 19.8. The molecule has 174 valence electrons. The summed E-state index contributed by atoms with van der Waals surface area (Å²) in [7, 11) is 1.62. The normalized spacial score (nSPS) is 21.5. The van der Waals surface area contributed by atoms with Crippen molar-refractivity contribution in [1.29, 1.82) is 0 Å². The van der Waals surface area contributed by atoms with E-state index in [-0.39, 0.29) is 29.8 Å². The molecule has 2 amide bonds. The van der Waals surface area contributed by atoms with Crippen LogP contribution >= 0.6 is 0 Å². The molecule has 0 bridgehead atoms. The summed E-state index contributed by atoms with van der Waals surface area (Å²) in [6.45, 7) is 3.89. The van der Waals surface area contributed by atoms with E-state index in [2.05, 4.69) is 29.7 Å². The van der Waals surface area contributed by atoms with Gasteiger partial charge in [-0.05, 0) is 55.2 Å². The molecule has 1 aliphatic carbocycles. The molecule has 34 heavy (non-hydrogen) atoms. The summed E-state index contributed by atoms with van der Waals surface area (Å²) in [5.41, 5.74) is 5.18. The van der Waals surface area contributed by atoms with Crippen LogP contribution in [0.4, 0.5) is 11.4 Å². The number of hydrogen-bond donors (Lipinski definition) is 2. The van der Waals surface area contributed by atoms with Crippen molar-refractivity contribution in [1.82, 2.24) is 10.3 Å². The van der Waals surface area contributed by atoms with Gasteiger partial charge in [0.15, 0.2) is 0 Å². The van der Waals surface area contributed by atoms with E-state index in [1.165, 1.54) is 0 Å². The minimum absolute atomic E-state index is 0.0244. The highest BCUT2D eigenvalue weighted by atomic mass is 16.2. The molecule has 2 heterocycles. The van der Waals surface area contributed by atoms with E-state index >= 15 is 0 Å². The summed E-state index contributed by atoms with van der Waals surface area (Å²) in [6, 6.07) is 21.8. The van der Waals surface area contributed by atoms with Crippen LogP contribution in [0, 0.1) is 11.8 Å². The van der Waals surface area contributed by atoms with Gasteiger partial charge in [-0.15, -0.1) is 0 Å². The molecule has 0 spiro atoms. The molecule has 1 saturated carbocycles. The lowest BCUT2D eigenvalue weighted by molar-refractivity contribution is -0.117. The molecule has 1 aliphatic heterocycles. The highest BCUT2D eigenvalue weighted by molar-refractivity contribution is 5.95. The first-order valence-corrected chi connectivity index (χ1v) is 11.9. The van der Waals surface area contributed by atoms with Gasteiger partial charge in [-0.3, -0.25) is 9.59 Å². The predicted octanol–water partition coefficient (Wildman–Crippen LogP) is 5.04. The third-order valence-corrected chi connectivity index (χ3v) is 7.03. The summed E-state index contributed by atoms with van der Waals surface area (Å²) >= 11 is 0. The molecule has 2 aliphatic rings. The Labute approximate surface area is 200 Å². The Kier molecular flexibility index (Phi) is 5.82. The quantitative estimate of drug-likeness (QED) is 0.566. The van der Waals surface area contributed by atoms with Crippen molar-refractivity contribution in [2.75, 3.05) is 17.3 Å². The number of benzene rings is 2. The average Bonchev–Trinajstić information content (AvgIpc) is 3.70. The molecule has 1 fully saturated rings. The second kappa shape index (κ2) is 8.93. The van der Waals surface area contributed by atoms with Gasteiger partial charge in [0.25, 0.3) is 5.91 Å². The predicted molar refractivity (Wildman–Crippen MR) is 135 cm³/mol. The zero-order chi connectivity index (χ0) is 23.8. The number of anilines is 2. The SMILES string of the molecule is CNC(=O)c1ccc(-c2ccc3c(n2)C(Nc2ccccc2)[C@@H](C)[C@H](C2CC2)N3C(C)=O)cc1. The highest BCUT2D eigenvalue weighted by Crippen LogP contribution is 2.49. The number of fused-ring (bicyclic) bond motifs is 1. The van der Waals surface area contributed by atoms with Gasteiger partial charge in [0.2, 0.25) is 5.91 Å². The van der Waals surface area contributed by atoms with Crippen molar-refractivity contribution >= 4 is 23.2 Å². The Morgan fingerprint density at radius 3 is 2.29 bits per heavy atom. The van der Waals surface area contributed by atoms with E-state index in [0.717, 1.165) is 41.2 Å². The molecular weight excluding hydrogens is 424 g/mol. The third-order valence-electron chi connectivity index (χ3n) is 7.03. The molecule has 2 N–H and O–H groups in total. The number of aromatic nitrogens is 1. The lowest BCUT2D eigenvalue weighted by atomic mass is 9.81. The van der Waals surface area contributed by atoms with Crippen molar-refractivity contribution < 1.29 is 9.59 Å². The molecule has 3 aromatic rings. The van der Waals surface area contributed by atoms with E-state index in [1.807, 2.05) is 59.5 Å². The van der Waals surface area contributed by atoms with Gasteiger partial charge < -0.3 is 15.5 Å². The summed E-state index contributed by atoms with van der Waals surface area (Å²) in [4.78, 5) is 31.8. The van der Waals surface area contributed by atoms with Gasteiger partial charge in [-0.1, -0.05) is 37.3 Å². The van der Waals surface area contributed by atoms with Crippen LogP contribution in [-0.2, 0) is 4.79 Å². The molecule has 0 saturated heterocycles. The lowest BCUT2D eigenvalue weighted by Gasteiger charge is -2.45. The number of hydrogen-bond acceptors (Lipinski definition) is 4. The van der Waals surface area contributed by atoms with Gasteiger partial charge in [0.05, 0.1) is 23.1 Å². The largest absolute Gasteiger partial charge is 0.376 e. The number of para-hydroxylation sites is 1. The fourth-order valence-corrected chi connectivity index (χ4v) is 5.21. The number of rotatable bonds is 5. The van der Waals surface area contributed by atoms with E-state index in [9.17, 15) is 9.59 Å². The Morgan fingerprint density at radius 2 is 1.68 bits per heavy atom. The number of nitrogens with one attached hydrogen (secondary N) is 2. The molecule has 5 rings (SSSR count). The first-order chi connectivity index (χ1) is 16.5. The summed E-state index contributed by atoms with van der Waals surface area (Å²) < 4.78 is 0. The van der Waals surface area contributed by atoms with Gasteiger partial charge in [0.1, 0.15) is 0 Å². The first-order valence-electron chi connectivity index (χ1n) is 11.9.